The molecule has 1 aliphatic carbocycles. The van der Waals surface area contributed by atoms with E-state index in [0.717, 1.165) is 6.08 Å². The third kappa shape index (κ3) is 1.33. The van der Waals surface area contributed by atoms with E-state index in [2.05, 4.69) is 4.99 Å². The first-order chi connectivity index (χ1) is 4.17. The average molecular weight is 133 g/mol. The fraction of sp³-hybridized carbons (Fsp3) is 0.800. The van der Waals surface area contributed by atoms with Crippen molar-refractivity contribution >= 4 is 6.08 Å². The van der Waals surface area contributed by atoms with Crippen LogP contribution in [0, 0.1) is 5.92 Å². The summed E-state index contributed by atoms with van der Waals surface area (Å²) in [5.41, 5.74) is 0. The molecule has 4 heteroatoms. The topological polar surface area (TPSA) is 29.4 Å². The summed E-state index contributed by atoms with van der Waals surface area (Å²) in [5, 5.41) is 0. The van der Waals surface area contributed by atoms with Crippen LogP contribution in [0.15, 0.2) is 4.99 Å². The van der Waals surface area contributed by atoms with E-state index in [1.165, 1.54) is 0 Å². The SMILES string of the molecule is O=C=NC(F)(F)C1CC1. The second-order valence-electron chi connectivity index (χ2n) is 2.07. The molecule has 50 valence electrons. The highest BCUT2D eigenvalue weighted by molar-refractivity contribution is 5.34. The molecule has 1 saturated carbocycles. The molecule has 0 aromatic rings. The predicted molar refractivity (Wildman–Crippen MR) is 25.8 cm³/mol. The average Bonchev–Trinajstić information content (AvgIpc) is 2.41. The van der Waals surface area contributed by atoms with E-state index in [1.54, 1.807) is 0 Å². The second-order valence-corrected chi connectivity index (χ2v) is 2.07. The van der Waals surface area contributed by atoms with Crippen LogP contribution in [-0.4, -0.2) is 12.1 Å². The summed E-state index contributed by atoms with van der Waals surface area (Å²) in [6.45, 7) is 0. The minimum atomic E-state index is -3.14. The van der Waals surface area contributed by atoms with Crippen molar-refractivity contribution in [3.63, 3.8) is 0 Å². The van der Waals surface area contributed by atoms with Gasteiger partial charge in [-0.3, -0.25) is 0 Å². The smallest absolute Gasteiger partial charge is 0.211 e. The summed E-state index contributed by atoms with van der Waals surface area (Å²) in [6, 6.07) is -3.14. The molecule has 1 fully saturated rings. The predicted octanol–water partition coefficient (Wildman–Crippen LogP) is 1.33. The Morgan fingerprint density at radius 3 is 2.44 bits per heavy atom. The van der Waals surface area contributed by atoms with Crippen LogP contribution in [0.3, 0.4) is 0 Å². The highest BCUT2D eigenvalue weighted by Gasteiger charge is 2.46. The molecule has 0 N–H and O–H groups in total. The zero-order chi connectivity index (χ0) is 6.91. The van der Waals surface area contributed by atoms with Gasteiger partial charge in [-0.15, -0.1) is 4.99 Å². The van der Waals surface area contributed by atoms with E-state index in [-0.39, 0.29) is 0 Å². The minimum absolute atomic E-state index is 0.470. The quantitative estimate of drug-likeness (QED) is 0.317. The Labute approximate surface area is 50.6 Å². The number of rotatable bonds is 2. The number of carbonyl (C=O) groups excluding carboxylic acids is 1. The van der Waals surface area contributed by atoms with Crippen molar-refractivity contribution in [1.29, 1.82) is 0 Å². The van der Waals surface area contributed by atoms with Crippen molar-refractivity contribution in [2.24, 2.45) is 10.9 Å². The van der Waals surface area contributed by atoms with Gasteiger partial charge in [-0.05, 0) is 12.8 Å². The molecule has 2 nitrogen and oxygen atoms in total. The zero-order valence-corrected chi connectivity index (χ0v) is 4.60. The summed E-state index contributed by atoms with van der Waals surface area (Å²) < 4.78 is 24.4. The van der Waals surface area contributed by atoms with Gasteiger partial charge in [0, 0.05) is 5.92 Å². The zero-order valence-electron chi connectivity index (χ0n) is 4.60. The first-order valence-corrected chi connectivity index (χ1v) is 2.63. The monoisotopic (exact) mass is 133 g/mol. The van der Waals surface area contributed by atoms with Crippen LogP contribution in [-0.2, 0) is 4.79 Å². The summed E-state index contributed by atoms with van der Waals surface area (Å²) in [6.07, 6.45) is 1.80. The molecule has 0 heterocycles. The lowest BCUT2D eigenvalue weighted by Crippen LogP contribution is -2.14. The molecule has 9 heavy (non-hydrogen) atoms. The van der Waals surface area contributed by atoms with E-state index < -0.39 is 12.0 Å². The van der Waals surface area contributed by atoms with Gasteiger partial charge < -0.3 is 0 Å². The standard InChI is InChI=1S/C5H5F2NO/c6-5(7,8-3-9)4-1-2-4/h4H,1-2H2. The largest absolute Gasteiger partial charge is 0.354 e. The lowest BCUT2D eigenvalue weighted by molar-refractivity contribution is -0.0124. The summed E-state index contributed by atoms with van der Waals surface area (Å²) in [4.78, 5) is 11.8. The van der Waals surface area contributed by atoms with Gasteiger partial charge in [-0.2, -0.15) is 8.78 Å². The van der Waals surface area contributed by atoms with Gasteiger partial charge >= 0.3 is 6.05 Å². The van der Waals surface area contributed by atoms with E-state index in [1.807, 2.05) is 0 Å². The number of aliphatic imine (C=N–C) groups is 1. The number of hydrogen-bond acceptors (Lipinski definition) is 2. The van der Waals surface area contributed by atoms with Crippen molar-refractivity contribution < 1.29 is 13.6 Å². The van der Waals surface area contributed by atoms with Gasteiger partial charge in [0.25, 0.3) is 0 Å². The molecule has 0 aromatic heterocycles. The molecule has 1 rings (SSSR count). The molecule has 0 spiro atoms. The Balaban J connectivity index is 2.58. The second kappa shape index (κ2) is 1.88. The molecule has 0 radical (unpaired) electrons. The highest BCUT2D eigenvalue weighted by atomic mass is 19.3. The highest BCUT2D eigenvalue weighted by Crippen LogP contribution is 2.43. The maximum Gasteiger partial charge on any atom is 0.354 e. The van der Waals surface area contributed by atoms with Gasteiger partial charge in [0.05, 0.1) is 0 Å². The number of halogens is 2. The summed E-state index contributed by atoms with van der Waals surface area (Å²) >= 11 is 0. The van der Waals surface area contributed by atoms with E-state index >= 15 is 0 Å². The number of hydrogen-bond donors (Lipinski definition) is 0. The first-order valence-electron chi connectivity index (χ1n) is 2.63. The lowest BCUT2D eigenvalue weighted by Gasteiger charge is -2.03. The molecular weight excluding hydrogens is 128 g/mol. The fourth-order valence-corrected chi connectivity index (χ4v) is 0.583. The van der Waals surface area contributed by atoms with Crippen LogP contribution in [0.5, 0.6) is 0 Å². The van der Waals surface area contributed by atoms with Gasteiger partial charge in [-0.25, -0.2) is 4.79 Å². The maximum absolute atomic E-state index is 12.2. The van der Waals surface area contributed by atoms with Crippen molar-refractivity contribution in [3.8, 4) is 0 Å². The molecule has 0 amide bonds. The van der Waals surface area contributed by atoms with E-state index in [0.29, 0.717) is 12.8 Å². The Kier molecular flexibility index (Phi) is 1.33. The summed E-state index contributed by atoms with van der Waals surface area (Å²) in [5.74, 6) is -0.695. The van der Waals surface area contributed by atoms with Gasteiger partial charge in [0.2, 0.25) is 6.08 Å². The number of isocyanates is 1. The van der Waals surface area contributed by atoms with Gasteiger partial charge in [-0.1, -0.05) is 0 Å². The Morgan fingerprint density at radius 1 is 1.56 bits per heavy atom. The normalized spacial score (nSPS) is 18.9. The Bertz CT molecular complexity index is 158. The Hall–Kier alpha value is -0.760. The molecule has 0 bridgehead atoms. The molecule has 0 saturated heterocycles. The minimum Gasteiger partial charge on any atom is -0.211 e. The first kappa shape index (κ1) is 6.36. The lowest BCUT2D eigenvalue weighted by atomic mass is 10.4. The number of nitrogens with zero attached hydrogens (tertiary/aromatic N) is 1. The summed E-state index contributed by atoms with van der Waals surface area (Å²) in [7, 11) is 0. The molecule has 0 atom stereocenters. The molecule has 1 aliphatic rings. The van der Waals surface area contributed by atoms with Crippen molar-refractivity contribution in [2.45, 2.75) is 18.9 Å². The third-order valence-electron chi connectivity index (χ3n) is 1.26. The number of alkyl halides is 2. The van der Waals surface area contributed by atoms with Crippen molar-refractivity contribution in [3.05, 3.63) is 0 Å². The molecule has 0 aromatic carbocycles. The fourth-order valence-electron chi connectivity index (χ4n) is 0.583. The van der Waals surface area contributed by atoms with Crippen LogP contribution in [0.1, 0.15) is 12.8 Å². The third-order valence-corrected chi connectivity index (χ3v) is 1.26. The van der Waals surface area contributed by atoms with Crippen LogP contribution in [0.25, 0.3) is 0 Å². The van der Waals surface area contributed by atoms with Gasteiger partial charge in [0.15, 0.2) is 0 Å². The molecular formula is C5H5F2NO. The van der Waals surface area contributed by atoms with Crippen LogP contribution in [0.4, 0.5) is 8.78 Å². The van der Waals surface area contributed by atoms with Crippen molar-refractivity contribution in [1.82, 2.24) is 0 Å². The van der Waals surface area contributed by atoms with E-state index in [9.17, 15) is 13.6 Å². The van der Waals surface area contributed by atoms with Crippen LogP contribution < -0.4 is 0 Å². The Morgan fingerprint density at radius 2 is 2.11 bits per heavy atom. The maximum atomic E-state index is 12.2. The molecule has 0 unspecified atom stereocenters. The van der Waals surface area contributed by atoms with Crippen LogP contribution in [0.2, 0.25) is 0 Å². The van der Waals surface area contributed by atoms with E-state index in [4.69, 9.17) is 0 Å². The van der Waals surface area contributed by atoms with Crippen molar-refractivity contribution in [2.75, 3.05) is 0 Å². The van der Waals surface area contributed by atoms with Crippen LogP contribution >= 0.6 is 0 Å². The molecule has 0 aliphatic heterocycles. The van der Waals surface area contributed by atoms with Gasteiger partial charge in [0.1, 0.15) is 0 Å².